The van der Waals surface area contributed by atoms with Gasteiger partial charge in [0.15, 0.2) is 5.96 Å². The van der Waals surface area contributed by atoms with Crippen molar-refractivity contribution in [2.75, 3.05) is 33.4 Å². The van der Waals surface area contributed by atoms with Crippen LogP contribution in [0.2, 0.25) is 0 Å². The molecule has 0 amide bonds. The van der Waals surface area contributed by atoms with Crippen LogP contribution in [0.15, 0.2) is 41.9 Å². The van der Waals surface area contributed by atoms with Crippen LogP contribution in [0.1, 0.15) is 31.7 Å². The zero-order valence-corrected chi connectivity index (χ0v) is 15.5. The van der Waals surface area contributed by atoms with Gasteiger partial charge in [-0.25, -0.2) is 0 Å². The third-order valence-electron chi connectivity index (χ3n) is 4.57. The Morgan fingerprint density at radius 2 is 2.12 bits per heavy atom. The second-order valence-corrected chi connectivity index (χ2v) is 6.43. The number of nitrogens with zero attached hydrogens (tertiary/aromatic N) is 1. The van der Waals surface area contributed by atoms with Gasteiger partial charge in [-0.05, 0) is 37.7 Å². The van der Waals surface area contributed by atoms with Crippen molar-refractivity contribution >= 4 is 5.96 Å². The van der Waals surface area contributed by atoms with E-state index in [4.69, 9.17) is 9.47 Å². The number of aliphatic imine (C=N–C) groups is 1. The maximum absolute atomic E-state index is 5.70. The molecule has 1 aliphatic rings. The molecule has 0 spiro atoms. The molecule has 1 aromatic carbocycles. The Bertz CT molecular complexity index is 568. The number of rotatable bonds is 11. The lowest BCUT2D eigenvalue weighted by molar-refractivity contribution is 0.128. The van der Waals surface area contributed by atoms with Crippen molar-refractivity contribution in [2.45, 2.75) is 32.7 Å². The number of ether oxygens (including phenoxy) is 2. The average molecular weight is 345 g/mol. The van der Waals surface area contributed by atoms with Crippen LogP contribution in [-0.2, 0) is 11.3 Å². The van der Waals surface area contributed by atoms with Crippen molar-refractivity contribution < 1.29 is 9.47 Å². The first kappa shape index (κ1) is 19.3. The number of benzene rings is 1. The second-order valence-electron chi connectivity index (χ2n) is 6.43. The van der Waals surface area contributed by atoms with Gasteiger partial charge in [-0.2, -0.15) is 0 Å². The summed E-state index contributed by atoms with van der Waals surface area (Å²) in [7, 11) is 1.80. The van der Waals surface area contributed by atoms with Crippen LogP contribution < -0.4 is 15.4 Å². The molecule has 0 saturated heterocycles. The first-order chi connectivity index (χ1) is 12.2. The molecular formula is C20H31N3O2. The molecule has 0 atom stereocenters. The van der Waals surface area contributed by atoms with Crippen molar-refractivity contribution in [1.29, 1.82) is 0 Å². The highest BCUT2D eigenvalue weighted by molar-refractivity contribution is 5.79. The van der Waals surface area contributed by atoms with Crippen LogP contribution in [0, 0.1) is 5.41 Å². The predicted octanol–water partition coefficient (Wildman–Crippen LogP) is 3.12. The van der Waals surface area contributed by atoms with Gasteiger partial charge in [0.25, 0.3) is 0 Å². The third-order valence-corrected chi connectivity index (χ3v) is 4.57. The lowest BCUT2D eigenvalue weighted by Gasteiger charge is -2.19. The molecule has 0 heterocycles. The molecule has 2 N–H and O–H groups in total. The summed E-state index contributed by atoms with van der Waals surface area (Å²) in [6.07, 6.45) is 5.40. The predicted molar refractivity (Wildman–Crippen MR) is 103 cm³/mol. The second kappa shape index (κ2) is 10.1. The fourth-order valence-electron chi connectivity index (χ4n) is 2.74. The molecule has 1 saturated carbocycles. The largest absolute Gasteiger partial charge is 0.489 e. The van der Waals surface area contributed by atoms with Gasteiger partial charge in [0.05, 0.1) is 0 Å². The topological polar surface area (TPSA) is 54.9 Å². The Labute approximate surface area is 151 Å². The first-order valence-corrected chi connectivity index (χ1v) is 9.07. The standard InChI is InChI=1S/C20H31N3O2/c1-4-13-25-18-9-7-6-8-17(18)15-22-19(21-3)23-16-20(10-11-20)12-14-24-5-2/h4,6-9H,1,5,10-16H2,2-3H3,(H2,21,22,23). The van der Waals surface area contributed by atoms with Crippen molar-refractivity contribution in [3.63, 3.8) is 0 Å². The Balaban J connectivity index is 1.80. The first-order valence-electron chi connectivity index (χ1n) is 9.07. The Kier molecular flexibility index (Phi) is 7.79. The molecular weight excluding hydrogens is 314 g/mol. The minimum absolute atomic E-state index is 0.387. The minimum atomic E-state index is 0.387. The van der Waals surface area contributed by atoms with E-state index in [-0.39, 0.29) is 0 Å². The van der Waals surface area contributed by atoms with Gasteiger partial charge >= 0.3 is 0 Å². The quantitative estimate of drug-likeness (QED) is 0.280. The van der Waals surface area contributed by atoms with Crippen LogP contribution in [-0.4, -0.2) is 39.4 Å². The summed E-state index contributed by atoms with van der Waals surface area (Å²) in [5.41, 5.74) is 1.49. The number of para-hydroxylation sites is 1. The van der Waals surface area contributed by atoms with E-state index in [0.717, 1.165) is 43.5 Å². The molecule has 0 aromatic heterocycles. The van der Waals surface area contributed by atoms with Gasteiger partial charge in [0.2, 0.25) is 0 Å². The van der Waals surface area contributed by atoms with Gasteiger partial charge in [-0.1, -0.05) is 30.9 Å². The summed E-state index contributed by atoms with van der Waals surface area (Å²) in [5, 5.41) is 6.83. The molecule has 0 aliphatic heterocycles. The molecule has 0 bridgehead atoms. The molecule has 0 unspecified atom stereocenters. The highest BCUT2D eigenvalue weighted by Gasteiger charge is 2.41. The SMILES string of the molecule is C=CCOc1ccccc1CNC(=NC)NCC1(CCOCC)CC1. The Morgan fingerprint density at radius 1 is 1.32 bits per heavy atom. The molecule has 1 aromatic rings. The molecule has 1 fully saturated rings. The van der Waals surface area contributed by atoms with Gasteiger partial charge in [-0.3, -0.25) is 4.99 Å². The van der Waals surface area contributed by atoms with Gasteiger partial charge in [0, 0.05) is 38.9 Å². The van der Waals surface area contributed by atoms with Crippen LogP contribution in [0.5, 0.6) is 5.75 Å². The van der Waals surface area contributed by atoms with Crippen LogP contribution in [0.25, 0.3) is 0 Å². The van der Waals surface area contributed by atoms with Crippen molar-refractivity contribution in [3.8, 4) is 5.75 Å². The maximum atomic E-state index is 5.70. The van der Waals surface area contributed by atoms with Crippen molar-refractivity contribution in [2.24, 2.45) is 10.4 Å². The molecule has 5 nitrogen and oxygen atoms in total. The number of nitrogens with one attached hydrogen (secondary N) is 2. The van der Waals surface area contributed by atoms with E-state index in [2.05, 4.69) is 28.3 Å². The minimum Gasteiger partial charge on any atom is -0.489 e. The van der Waals surface area contributed by atoms with Crippen molar-refractivity contribution in [1.82, 2.24) is 10.6 Å². The van der Waals surface area contributed by atoms with E-state index in [9.17, 15) is 0 Å². The zero-order valence-electron chi connectivity index (χ0n) is 15.5. The summed E-state index contributed by atoms with van der Waals surface area (Å²) < 4.78 is 11.2. The average Bonchev–Trinajstić information content (AvgIpc) is 3.41. The smallest absolute Gasteiger partial charge is 0.191 e. The summed E-state index contributed by atoms with van der Waals surface area (Å²) >= 11 is 0. The summed E-state index contributed by atoms with van der Waals surface area (Å²) in [6, 6.07) is 8.03. The normalized spacial score (nSPS) is 15.5. The van der Waals surface area contributed by atoms with Crippen LogP contribution >= 0.6 is 0 Å². The Hall–Kier alpha value is -2.01. The molecule has 138 valence electrons. The van der Waals surface area contributed by atoms with E-state index in [1.165, 1.54) is 12.8 Å². The van der Waals surface area contributed by atoms with E-state index in [1.807, 2.05) is 25.1 Å². The number of hydrogen-bond donors (Lipinski definition) is 2. The van der Waals surface area contributed by atoms with E-state index in [0.29, 0.717) is 18.6 Å². The van der Waals surface area contributed by atoms with Crippen LogP contribution in [0.4, 0.5) is 0 Å². The fourth-order valence-corrected chi connectivity index (χ4v) is 2.74. The number of guanidine groups is 1. The zero-order chi connectivity index (χ0) is 18.0. The highest BCUT2D eigenvalue weighted by Crippen LogP contribution is 2.48. The van der Waals surface area contributed by atoms with Crippen molar-refractivity contribution in [3.05, 3.63) is 42.5 Å². The van der Waals surface area contributed by atoms with E-state index in [1.54, 1.807) is 13.1 Å². The summed E-state index contributed by atoms with van der Waals surface area (Å²) in [6.45, 7) is 9.48. The third kappa shape index (κ3) is 6.42. The van der Waals surface area contributed by atoms with Gasteiger partial charge in [0.1, 0.15) is 12.4 Å². The highest BCUT2D eigenvalue weighted by atomic mass is 16.5. The molecule has 1 aliphatic carbocycles. The lowest BCUT2D eigenvalue weighted by atomic mass is 10.0. The molecule has 5 heteroatoms. The fraction of sp³-hybridized carbons (Fsp3) is 0.550. The maximum Gasteiger partial charge on any atom is 0.191 e. The Morgan fingerprint density at radius 3 is 2.80 bits per heavy atom. The monoisotopic (exact) mass is 345 g/mol. The summed E-state index contributed by atoms with van der Waals surface area (Å²) in [4.78, 5) is 4.33. The lowest BCUT2D eigenvalue weighted by Crippen LogP contribution is -2.40. The van der Waals surface area contributed by atoms with Gasteiger partial charge in [-0.15, -0.1) is 0 Å². The molecule has 25 heavy (non-hydrogen) atoms. The molecule has 0 radical (unpaired) electrons. The van der Waals surface area contributed by atoms with E-state index >= 15 is 0 Å². The van der Waals surface area contributed by atoms with Gasteiger partial charge < -0.3 is 20.1 Å². The van der Waals surface area contributed by atoms with Crippen LogP contribution in [0.3, 0.4) is 0 Å². The van der Waals surface area contributed by atoms with E-state index < -0.39 is 0 Å². The number of hydrogen-bond acceptors (Lipinski definition) is 3. The summed E-state index contributed by atoms with van der Waals surface area (Å²) in [5.74, 6) is 1.70. The molecule has 2 rings (SSSR count).